The molecule has 4 rings (SSSR count). The SMILES string of the molecule is O=C(Nc1ccc(N2CCNC2=O)cc1)c1ccccc1S(=O)(=O)N1CCOCC1. The molecule has 2 saturated heterocycles. The molecular formula is C20H22N4O5S. The Labute approximate surface area is 174 Å². The van der Waals surface area contributed by atoms with Crippen molar-refractivity contribution in [1.29, 1.82) is 0 Å². The van der Waals surface area contributed by atoms with Crippen LogP contribution in [0.3, 0.4) is 0 Å². The number of hydrogen-bond donors (Lipinski definition) is 2. The standard InChI is InChI=1S/C20H22N4O5S/c25-19(22-15-5-7-16(8-6-15)24-10-9-21-20(24)26)17-3-1-2-4-18(17)30(27,28)23-11-13-29-14-12-23/h1-8H,9-14H2,(H,21,26)(H,22,25). The number of ether oxygens (including phenoxy) is 1. The highest BCUT2D eigenvalue weighted by Gasteiger charge is 2.30. The van der Waals surface area contributed by atoms with Crippen LogP contribution < -0.4 is 15.5 Å². The summed E-state index contributed by atoms with van der Waals surface area (Å²) in [5, 5.41) is 5.47. The van der Waals surface area contributed by atoms with E-state index in [-0.39, 0.29) is 29.6 Å². The van der Waals surface area contributed by atoms with Crippen LogP contribution in [0.25, 0.3) is 0 Å². The second kappa shape index (κ2) is 8.42. The summed E-state index contributed by atoms with van der Waals surface area (Å²) in [6, 6.07) is 12.8. The van der Waals surface area contributed by atoms with Crippen LogP contribution in [-0.4, -0.2) is 64.1 Å². The fourth-order valence-corrected chi connectivity index (χ4v) is 5.04. The molecule has 2 aliphatic heterocycles. The molecule has 158 valence electrons. The third kappa shape index (κ3) is 4.02. The van der Waals surface area contributed by atoms with Crippen LogP contribution in [0.15, 0.2) is 53.4 Å². The normalized spacial score (nSPS) is 17.6. The Kier molecular flexibility index (Phi) is 5.71. The number of nitrogens with one attached hydrogen (secondary N) is 2. The summed E-state index contributed by atoms with van der Waals surface area (Å²) in [5.74, 6) is -0.519. The number of sulfonamides is 1. The molecular weight excluding hydrogens is 408 g/mol. The van der Waals surface area contributed by atoms with Gasteiger partial charge in [0.1, 0.15) is 0 Å². The van der Waals surface area contributed by atoms with E-state index in [9.17, 15) is 18.0 Å². The number of carbonyl (C=O) groups is 2. The van der Waals surface area contributed by atoms with Gasteiger partial charge in [0.2, 0.25) is 10.0 Å². The Morgan fingerprint density at radius 2 is 1.70 bits per heavy atom. The van der Waals surface area contributed by atoms with E-state index >= 15 is 0 Å². The zero-order valence-corrected chi connectivity index (χ0v) is 17.0. The highest BCUT2D eigenvalue weighted by atomic mass is 32.2. The highest BCUT2D eigenvalue weighted by Crippen LogP contribution is 2.24. The van der Waals surface area contributed by atoms with Crippen molar-refractivity contribution >= 4 is 33.3 Å². The van der Waals surface area contributed by atoms with Crippen molar-refractivity contribution in [2.45, 2.75) is 4.90 Å². The van der Waals surface area contributed by atoms with Gasteiger partial charge < -0.3 is 15.4 Å². The maximum atomic E-state index is 13.0. The van der Waals surface area contributed by atoms with Crippen molar-refractivity contribution in [2.24, 2.45) is 0 Å². The Morgan fingerprint density at radius 1 is 1.00 bits per heavy atom. The Morgan fingerprint density at radius 3 is 2.37 bits per heavy atom. The maximum Gasteiger partial charge on any atom is 0.321 e. The molecule has 2 fully saturated rings. The number of hydrogen-bond acceptors (Lipinski definition) is 5. The molecule has 30 heavy (non-hydrogen) atoms. The lowest BCUT2D eigenvalue weighted by atomic mass is 10.2. The molecule has 2 N–H and O–H groups in total. The van der Waals surface area contributed by atoms with Crippen LogP contribution in [0.5, 0.6) is 0 Å². The molecule has 0 bridgehead atoms. The zero-order valence-electron chi connectivity index (χ0n) is 16.2. The lowest BCUT2D eigenvalue weighted by Gasteiger charge is -2.26. The molecule has 2 aromatic carbocycles. The minimum Gasteiger partial charge on any atom is -0.379 e. The van der Waals surface area contributed by atoms with Crippen LogP contribution in [0, 0.1) is 0 Å². The van der Waals surface area contributed by atoms with Crippen molar-refractivity contribution in [3.05, 3.63) is 54.1 Å². The molecule has 0 aliphatic carbocycles. The van der Waals surface area contributed by atoms with Crippen LogP contribution in [-0.2, 0) is 14.8 Å². The molecule has 3 amide bonds. The van der Waals surface area contributed by atoms with E-state index in [1.54, 1.807) is 41.3 Å². The number of carbonyl (C=O) groups excluding carboxylic acids is 2. The van der Waals surface area contributed by atoms with E-state index in [0.717, 1.165) is 5.69 Å². The van der Waals surface area contributed by atoms with Gasteiger partial charge >= 0.3 is 6.03 Å². The van der Waals surface area contributed by atoms with E-state index in [4.69, 9.17) is 4.74 Å². The minimum atomic E-state index is -3.81. The number of rotatable bonds is 5. The molecule has 0 unspecified atom stereocenters. The van der Waals surface area contributed by atoms with Crippen molar-refractivity contribution in [3.8, 4) is 0 Å². The van der Waals surface area contributed by atoms with Gasteiger partial charge in [0.25, 0.3) is 5.91 Å². The first kappa shape index (κ1) is 20.3. The zero-order chi connectivity index (χ0) is 21.1. The molecule has 0 saturated carbocycles. The van der Waals surface area contributed by atoms with Crippen LogP contribution in [0.4, 0.5) is 16.2 Å². The van der Waals surface area contributed by atoms with Gasteiger partial charge in [-0.1, -0.05) is 12.1 Å². The first-order valence-electron chi connectivity index (χ1n) is 9.60. The second-order valence-corrected chi connectivity index (χ2v) is 8.80. The Hall–Kier alpha value is -2.95. The van der Waals surface area contributed by atoms with Crippen LogP contribution in [0.2, 0.25) is 0 Å². The van der Waals surface area contributed by atoms with Gasteiger partial charge in [-0.2, -0.15) is 4.31 Å². The number of amides is 3. The third-order valence-corrected chi connectivity index (χ3v) is 6.97. The van der Waals surface area contributed by atoms with Gasteiger partial charge in [-0.15, -0.1) is 0 Å². The Balaban J connectivity index is 1.53. The second-order valence-electron chi connectivity index (χ2n) is 6.90. The third-order valence-electron chi connectivity index (χ3n) is 5.01. The lowest BCUT2D eigenvalue weighted by Crippen LogP contribution is -2.41. The molecule has 10 heteroatoms. The molecule has 2 aliphatic rings. The topological polar surface area (TPSA) is 108 Å². The molecule has 0 spiro atoms. The lowest BCUT2D eigenvalue weighted by molar-refractivity contribution is 0.0730. The summed E-state index contributed by atoms with van der Waals surface area (Å²) >= 11 is 0. The average molecular weight is 430 g/mol. The number of anilines is 2. The highest BCUT2D eigenvalue weighted by molar-refractivity contribution is 7.89. The summed E-state index contributed by atoms with van der Waals surface area (Å²) < 4.78 is 32.6. The van der Waals surface area contributed by atoms with Gasteiger partial charge in [-0.25, -0.2) is 13.2 Å². The number of morpholine rings is 1. The van der Waals surface area contributed by atoms with Gasteiger partial charge in [-0.05, 0) is 36.4 Å². The molecule has 2 aromatic rings. The van der Waals surface area contributed by atoms with Crippen LogP contribution >= 0.6 is 0 Å². The first-order chi connectivity index (χ1) is 14.5. The number of urea groups is 1. The molecule has 0 radical (unpaired) electrons. The minimum absolute atomic E-state index is 0.0326. The van der Waals surface area contributed by atoms with E-state index in [1.807, 2.05) is 0 Å². The smallest absolute Gasteiger partial charge is 0.321 e. The molecule has 0 aromatic heterocycles. The summed E-state index contributed by atoms with van der Waals surface area (Å²) in [4.78, 5) is 26.2. The van der Waals surface area contributed by atoms with Crippen molar-refractivity contribution in [3.63, 3.8) is 0 Å². The molecule has 9 nitrogen and oxygen atoms in total. The fraction of sp³-hybridized carbons (Fsp3) is 0.300. The monoisotopic (exact) mass is 430 g/mol. The first-order valence-corrected chi connectivity index (χ1v) is 11.0. The van der Waals surface area contributed by atoms with E-state index in [2.05, 4.69) is 10.6 Å². The maximum absolute atomic E-state index is 13.0. The number of nitrogens with zero attached hydrogens (tertiary/aromatic N) is 2. The predicted molar refractivity (Wildman–Crippen MR) is 111 cm³/mol. The van der Waals surface area contributed by atoms with Crippen molar-refractivity contribution in [1.82, 2.24) is 9.62 Å². The summed E-state index contributed by atoms with van der Waals surface area (Å²) in [7, 11) is -3.81. The molecule has 0 atom stereocenters. The Bertz CT molecular complexity index is 1050. The van der Waals surface area contributed by atoms with Crippen molar-refractivity contribution in [2.75, 3.05) is 49.6 Å². The van der Waals surface area contributed by atoms with E-state index in [0.29, 0.717) is 32.0 Å². The summed E-state index contributed by atoms with van der Waals surface area (Å²) in [6.07, 6.45) is 0. The summed E-state index contributed by atoms with van der Waals surface area (Å²) in [6.45, 7) is 2.33. The van der Waals surface area contributed by atoms with Gasteiger partial charge in [-0.3, -0.25) is 9.69 Å². The van der Waals surface area contributed by atoms with Gasteiger partial charge in [0.05, 0.1) is 23.7 Å². The summed E-state index contributed by atoms with van der Waals surface area (Å²) in [5.41, 5.74) is 1.30. The average Bonchev–Trinajstić information content (AvgIpc) is 3.21. The fourth-order valence-electron chi connectivity index (χ4n) is 3.45. The van der Waals surface area contributed by atoms with Gasteiger partial charge in [0.15, 0.2) is 0 Å². The van der Waals surface area contributed by atoms with E-state index < -0.39 is 15.9 Å². The van der Waals surface area contributed by atoms with Crippen LogP contribution in [0.1, 0.15) is 10.4 Å². The quantitative estimate of drug-likeness (QED) is 0.747. The van der Waals surface area contributed by atoms with E-state index in [1.165, 1.54) is 16.4 Å². The largest absolute Gasteiger partial charge is 0.379 e. The predicted octanol–water partition coefficient (Wildman–Crippen LogP) is 1.49. The van der Waals surface area contributed by atoms with Gasteiger partial charge in [0, 0.05) is 37.6 Å². The van der Waals surface area contributed by atoms with Crippen molar-refractivity contribution < 1.29 is 22.7 Å². The molecule has 2 heterocycles. The number of benzene rings is 2.